The molecule has 1 heterocycles. The molecule has 26 heavy (non-hydrogen) atoms. The normalized spacial score (nSPS) is 13.1. The van der Waals surface area contributed by atoms with Crippen molar-refractivity contribution in [2.75, 3.05) is 37.5 Å². The Kier molecular flexibility index (Phi) is 6.28. The number of para-hydroxylation sites is 1. The summed E-state index contributed by atoms with van der Waals surface area (Å²) in [4.78, 5) is 15.8. The van der Waals surface area contributed by atoms with Gasteiger partial charge in [-0.15, -0.1) is 11.8 Å². The average molecular weight is 372 g/mol. The summed E-state index contributed by atoms with van der Waals surface area (Å²) < 4.78 is 10.9. The Balaban J connectivity index is 1.58. The van der Waals surface area contributed by atoms with Crippen LogP contribution in [0.5, 0.6) is 11.5 Å². The maximum Gasteiger partial charge on any atom is 0.239 e. The van der Waals surface area contributed by atoms with E-state index in [1.807, 2.05) is 49.0 Å². The lowest BCUT2D eigenvalue weighted by molar-refractivity contribution is -0.119. The maximum atomic E-state index is 12.4. The van der Waals surface area contributed by atoms with Gasteiger partial charge in [0.05, 0.1) is 25.9 Å². The Bertz CT molecular complexity index is 766. The number of hydrogen-bond acceptors (Lipinski definition) is 5. The van der Waals surface area contributed by atoms with Crippen molar-refractivity contribution >= 4 is 23.4 Å². The summed E-state index contributed by atoms with van der Waals surface area (Å²) in [5, 5.41) is 3.00. The highest BCUT2D eigenvalue weighted by molar-refractivity contribution is 7.99. The summed E-state index contributed by atoms with van der Waals surface area (Å²) in [6.45, 7) is 4.23. The molecule has 0 fully saturated rings. The monoisotopic (exact) mass is 372 g/mol. The first-order valence-corrected chi connectivity index (χ1v) is 9.73. The highest BCUT2D eigenvalue weighted by Gasteiger charge is 2.19. The van der Waals surface area contributed by atoms with Crippen molar-refractivity contribution in [2.45, 2.75) is 18.4 Å². The number of nitrogens with one attached hydrogen (secondary N) is 1. The van der Waals surface area contributed by atoms with E-state index in [2.05, 4.69) is 22.3 Å². The Morgan fingerprint density at radius 2 is 2.08 bits per heavy atom. The minimum atomic E-state index is 0.0135. The zero-order chi connectivity index (χ0) is 18.4. The Labute approximate surface area is 158 Å². The lowest BCUT2D eigenvalue weighted by atomic mass is 10.2. The number of benzene rings is 2. The summed E-state index contributed by atoms with van der Waals surface area (Å²) >= 11 is 1.84. The van der Waals surface area contributed by atoms with Gasteiger partial charge < -0.3 is 19.7 Å². The molecule has 0 aromatic heterocycles. The number of thioether (sulfide) groups is 1. The molecule has 0 radical (unpaired) electrons. The van der Waals surface area contributed by atoms with Gasteiger partial charge in [-0.25, -0.2) is 0 Å². The first-order chi connectivity index (χ1) is 12.7. The van der Waals surface area contributed by atoms with Gasteiger partial charge in [-0.1, -0.05) is 18.2 Å². The number of rotatable bonds is 7. The molecule has 0 unspecified atom stereocenters. The number of nitrogens with zero attached hydrogens (tertiary/aromatic N) is 1. The SMILES string of the molecule is CCOc1ccc(CNC(=O)CN2CCSc3ccccc32)cc1OC. The van der Waals surface area contributed by atoms with Crippen LogP contribution in [0.15, 0.2) is 47.4 Å². The lowest BCUT2D eigenvalue weighted by Crippen LogP contribution is -2.39. The Hall–Kier alpha value is -2.34. The van der Waals surface area contributed by atoms with Crippen LogP contribution in [0.4, 0.5) is 5.69 Å². The van der Waals surface area contributed by atoms with Crippen molar-refractivity contribution in [3.05, 3.63) is 48.0 Å². The molecule has 0 spiro atoms. The topological polar surface area (TPSA) is 50.8 Å². The van der Waals surface area contributed by atoms with Crippen LogP contribution >= 0.6 is 11.8 Å². The fraction of sp³-hybridized carbons (Fsp3) is 0.350. The summed E-state index contributed by atoms with van der Waals surface area (Å²) in [7, 11) is 1.62. The van der Waals surface area contributed by atoms with Crippen LogP contribution in [0.25, 0.3) is 0 Å². The minimum absolute atomic E-state index is 0.0135. The van der Waals surface area contributed by atoms with Crippen LogP contribution in [-0.2, 0) is 11.3 Å². The predicted octanol–water partition coefficient (Wildman–Crippen LogP) is 3.32. The van der Waals surface area contributed by atoms with E-state index in [-0.39, 0.29) is 5.91 Å². The van der Waals surface area contributed by atoms with E-state index in [9.17, 15) is 4.79 Å². The van der Waals surface area contributed by atoms with Gasteiger partial charge in [0.1, 0.15) is 0 Å². The number of methoxy groups -OCH3 is 1. The van der Waals surface area contributed by atoms with Gasteiger partial charge in [0, 0.05) is 23.7 Å². The second-order valence-electron chi connectivity index (χ2n) is 5.93. The van der Waals surface area contributed by atoms with Crippen LogP contribution in [0.3, 0.4) is 0 Å². The van der Waals surface area contributed by atoms with Gasteiger partial charge in [0.25, 0.3) is 0 Å². The van der Waals surface area contributed by atoms with Crippen LogP contribution < -0.4 is 19.7 Å². The molecule has 1 aliphatic rings. The molecule has 6 heteroatoms. The quantitative estimate of drug-likeness (QED) is 0.808. The lowest BCUT2D eigenvalue weighted by Gasteiger charge is -2.30. The highest BCUT2D eigenvalue weighted by atomic mass is 32.2. The van der Waals surface area contributed by atoms with E-state index in [0.29, 0.717) is 31.2 Å². The molecule has 3 rings (SSSR count). The zero-order valence-electron chi connectivity index (χ0n) is 15.2. The molecule has 0 aliphatic carbocycles. The van der Waals surface area contributed by atoms with E-state index in [4.69, 9.17) is 9.47 Å². The third kappa shape index (κ3) is 4.43. The minimum Gasteiger partial charge on any atom is -0.493 e. The van der Waals surface area contributed by atoms with E-state index >= 15 is 0 Å². The van der Waals surface area contributed by atoms with E-state index < -0.39 is 0 Å². The third-order valence-electron chi connectivity index (χ3n) is 4.18. The smallest absolute Gasteiger partial charge is 0.239 e. The van der Waals surface area contributed by atoms with Gasteiger partial charge in [-0.2, -0.15) is 0 Å². The molecule has 5 nitrogen and oxygen atoms in total. The van der Waals surface area contributed by atoms with Gasteiger partial charge in [-0.3, -0.25) is 4.79 Å². The molecule has 0 atom stereocenters. The summed E-state index contributed by atoms with van der Waals surface area (Å²) in [6.07, 6.45) is 0. The maximum absolute atomic E-state index is 12.4. The largest absolute Gasteiger partial charge is 0.493 e. The molecular formula is C20H24N2O3S. The van der Waals surface area contributed by atoms with Crippen LogP contribution in [0, 0.1) is 0 Å². The highest BCUT2D eigenvalue weighted by Crippen LogP contribution is 2.34. The number of carbonyl (C=O) groups is 1. The third-order valence-corrected chi connectivity index (χ3v) is 5.22. The van der Waals surface area contributed by atoms with Crippen molar-refractivity contribution in [2.24, 2.45) is 0 Å². The number of anilines is 1. The fourth-order valence-electron chi connectivity index (χ4n) is 2.92. The fourth-order valence-corrected chi connectivity index (χ4v) is 3.97. The molecule has 0 saturated carbocycles. The van der Waals surface area contributed by atoms with Crippen molar-refractivity contribution < 1.29 is 14.3 Å². The predicted molar refractivity (Wildman–Crippen MR) is 105 cm³/mol. The van der Waals surface area contributed by atoms with Gasteiger partial charge >= 0.3 is 0 Å². The molecular weight excluding hydrogens is 348 g/mol. The van der Waals surface area contributed by atoms with Gasteiger partial charge in [-0.05, 0) is 36.8 Å². The molecule has 138 valence electrons. The average Bonchev–Trinajstić information content (AvgIpc) is 2.67. The first kappa shape index (κ1) is 18.5. The van der Waals surface area contributed by atoms with Crippen LogP contribution in [0.1, 0.15) is 12.5 Å². The van der Waals surface area contributed by atoms with E-state index in [1.165, 1.54) is 4.90 Å². The van der Waals surface area contributed by atoms with Crippen LogP contribution in [0.2, 0.25) is 0 Å². The van der Waals surface area contributed by atoms with Gasteiger partial charge in [0.2, 0.25) is 5.91 Å². The summed E-state index contributed by atoms with van der Waals surface area (Å²) in [5.41, 5.74) is 2.12. The zero-order valence-corrected chi connectivity index (χ0v) is 16.0. The van der Waals surface area contributed by atoms with E-state index in [0.717, 1.165) is 23.5 Å². The number of ether oxygens (including phenoxy) is 2. The van der Waals surface area contributed by atoms with E-state index in [1.54, 1.807) is 7.11 Å². The molecule has 1 N–H and O–H groups in total. The van der Waals surface area contributed by atoms with Crippen molar-refractivity contribution in [3.63, 3.8) is 0 Å². The number of carbonyl (C=O) groups excluding carboxylic acids is 1. The van der Waals surface area contributed by atoms with Crippen molar-refractivity contribution in [1.82, 2.24) is 5.32 Å². The second-order valence-corrected chi connectivity index (χ2v) is 7.07. The summed E-state index contributed by atoms with van der Waals surface area (Å²) in [5.74, 6) is 2.41. The number of fused-ring (bicyclic) bond motifs is 1. The molecule has 0 bridgehead atoms. The summed E-state index contributed by atoms with van der Waals surface area (Å²) in [6, 6.07) is 14.0. The van der Waals surface area contributed by atoms with Crippen LogP contribution in [-0.4, -0.2) is 38.5 Å². The Morgan fingerprint density at radius 1 is 1.23 bits per heavy atom. The van der Waals surface area contributed by atoms with Gasteiger partial charge in [0.15, 0.2) is 11.5 Å². The molecule has 1 aliphatic heterocycles. The first-order valence-electron chi connectivity index (χ1n) is 8.74. The van der Waals surface area contributed by atoms with Crippen molar-refractivity contribution in [3.8, 4) is 11.5 Å². The Morgan fingerprint density at radius 3 is 2.88 bits per heavy atom. The standard InChI is InChI=1S/C20H24N2O3S/c1-3-25-17-9-8-15(12-18(17)24-2)13-21-20(23)14-22-10-11-26-19-7-5-4-6-16(19)22/h4-9,12H,3,10-11,13-14H2,1-2H3,(H,21,23). The second kappa shape index (κ2) is 8.85. The molecule has 0 saturated heterocycles. The molecule has 2 aromatic carbocycles. The molecule has 2 aromatic rings. The molecule has 1 amide bonds. The number of amides is 1. The number of hydrogen-bond donors (Lipinski definition) is 1. The van der Waals surface area contributed by atoms with Crippen molar-refractivity contribution in [1.29, 1.82) is 0 Å².